The first kappa shape index (κ1) is 23.0. The third kappa shape index (κ3) is 4.38. The van der Waals surface area contributed by atoms with Crippen molar-refractivity contribution in [3.05, 3.63) is 76.2 Å². The average molecular weight is 485 g/mol. The highest BCUT2D eigenvalue weighted by molar-refractivity contribution is 7.92. The fraction of sp³-hybridized carbons (Fsp3) is 0.250. The zero-order valence-electron chi connectivity index (χ0n) is 18.5. The van der Waals surface area contributed by atoms with Gasteiger partial charge in [-0.2, -0.15) is 0 Å². The van der Waals surface area contributed by atoms with Crippen molar-refractivity contribution >= 4 is 43.9 Å². The number of rotatable bonds is 6. The van der Waals surface area contributed by atoms with Gasteiger partial charge < -0.3 is 10.1 Å². The van der Waals surface area contributed by atoms with Crippen molar-refractivity contribution in [2.24, 2.45) is 0 Å². The van der Waals surface area contributed by atoms with Crippen LogP contribution in [0.2, 0.25) is 0 Å². The van der Waals surface area contributed by atoms with Crippen LogP contribution in [0.25, 0.3) is 0 Å². The largest absolute Gasteiger partial charge is 0.462 e. The monoisotopic (exact) mass is 484 g/mol. The maximum Gasteiger partial charge on any atom is 0.348 e. The van der Waals surface area contributed by atoms with Crippen LogP contribution in [-0.2, 0) is 21.2 Å². The van der Waals surface area contributed by atoms with Crippen molar-refractivity contribution in [3.63, 3.8) is 0 Å². The molecule has 0 bridgehead atoms. The fourth-order valence-electron chi connectivity index (χ4n) is 3.94. The summed E-state index contributed by atoms with van der Waals surface area (Å²) in [5.41, 5.74) is 2.56. The number of carbonyl (C=O) groups excluding carboxylic acids is 2. The average Bonchev–Trinajstić information content (AvgIpc) is 3.32. The van der Waals surface area contributed by atoms with Crippen LogP contribution in [0.3, 0.4) is 0 Å². The molecule has 1 aliphatic heterocycles. The number of fused-ring (bicyclic) bond motifs is 1. The third-order valence-corrected chi connectivity index (χ3v) is 8.47. The number of carbonyl (C=O) groups is 2. The number of sulfonamides is 1. The Kier molecular flexibility index (Phi) is 6.27. The van der Waals surface area contributed by atoms with Gasteiger partial charge in [-0.05, 0) is 68.7 Å². The van der Waals surface area contributed by atoms with Gasteiger partial charge in [0.1, 0.15) is 4.88 Å². The number of thiophene rings is 1. The first-order valence-electron chi connectivity index (χ1n) is 10.5. The number of nitrogens with one attached hydrogen (secondary N) is 1. The lowest BCUT2D eigenvalue weighted by molar-refractivity contribution is 0.0531. The highest BCUT2D eigenvalue weighted by atomic mass is 32.2. The lowest BCUT2D eigenvalue weighted by atomic mass is 10.1. The molecule has 4 rings (SSSR count). The normalized spacial score (nSPS) is 15.2. The van der Waals surface area contributed by atoms with Gasteiger partial charge in [-0.1, -0.05) is 24.3 Å². The predicted molar refractivity (Wildman–Crippen MR) is 129 cm³/mol. The maximum atomic E-state index is 13.5. The Morgan fingerprint density at radius 2 is 1.91 bits per heavy atom. The van der Waals surface area contributed by atoms with Crippen molar-refractivity contribution in [1.29, 1.82) is 0 Å². The van der Waals surface area contributed by atoms with E-state index < -0.39 is 21.9 Å². The molecule has 0 radical (unpaired) electrons. The number of ether oxygens (including phenoxy) is 1. The van der Waals surface area contributed by atoms with Crippen LogP contribution in [0.1, 0.15) is 45.0 Å². The lowest BCUT2D eigenvalue weighted by Gasteiger charge is -2.24. The van der Waals surface area contributed by atoms with Crippen LogP contribution < -0.4 is 9.62 Å². The molecule has 33 heavy (non-hydrogen) atoms. The minimum atomic E-state index is -3.86. The van der Waals surface area contributed by atoms with E-state index >= 15 is 0 Å². The molecular formula is C24H24N2O5S2. The molecule has 2 heterocycles. The number of nitrogens with zero attached hydrogens (tertiary/aromatic N) is 1. The van der Waals surface area contributed by atoms with Gasteiger partial charge in [-0.3, -0.25) is 9.10 Å². The summed E-state index contributed by atoms with van der Waals surface area (Å²) in [5.74, 6) is -0.896. The van der Waals surface area contributed by atoms with Gasteiger partial charge in [-0.25, -0.2) is 13.2 Å². The molecule has 2 aromatic carbocycles. The Hall–Kier alpha value is -3.17. The van der Waals surface area contributed by atoms with Gasteiger partial charge in [0.15, 0.2) is 0 Å². The summed E-state index contributed by atoms with van der Waals surface area (Å²) in [6.07, 6.45) is 0.635. The van der Waals surface area contributed by atoms with Crippen LogP contribution in [0.15, 0.2) is 59.5 Å². The summed E-state index contributed by atoms with van der Waals surface area (Å²) in [4.78, 5) is 25.4. The van der Waals surface area contributed by atoms with Crippen molar-refractivity contribution in [2.45, 2.75) is 38.1 Å². The smallest absolute Gasteiger partial charge is 0.348 e. The first-order valence-corrected chi connectivity index (χ1v) is 12.8. The summed E-state index contributed by atoms with van der Waals surface area (Å²) in [6, 6.07) is 14.9. The van der Waals surface area contributed by atoms with Crippen LogP contribution in [0, 0.1) is 6.92 Å². The van der Waals surface area contributed by atoms with Crippen LogP contribution in [-0.4, -0.2) is 32.9 Å². The molecule has 9 heteroatoms. The van der Waals surface area contributed by atoms with E-state index in [9.17, 15) is 18.0 Å². The SMILES string of the molecule is CCOC(=O)c1sc(NC(=O)c2cccc(S(=O)(=O)N3c4ccccc4C[C@H]3C)c2)cc1C. The van der Waals surface area contributed by atoms with Crippen molar-refractivity contribution < 1.29 is 22.7 Å². The highest BCUT2D eigenvalue weighted by Gasteiger charge is 2.36. The Balaban J connectivity index is 1.59. The van der Waals surface area contributed by atoms with E-state index in [1.807, 2.05) is 25.1 Å². The molecule has 1 amide bonds. The van der Waals surface area contributed by atoms with E-state index in [2.05, 4.69) is 5.32 Å². The summed E-state index contributed by atoms with van der Waals surface area (Å²) < 4.78 is 33.4. The number of amides is 1. The number of anilines is 2. The van der Waals surface area contributed by atoms with Crippen molar-refractivity contribution in [3.8, 4) is 0 Å². The van der Waals surface area contributed by atoms with E-state index in [4.69, 9.17) is 4.74 Å². The molecule has 172 valence electrons. The number of esters is 1. The molecule has 0 spiro atoms. The number of aryl methyl sites for hydroxylation is 1. The summed E-state index contributed by atoms with van der Waals surface area (Å²) >= 11 is 1.12. The van der Waals surface area contributed by atoms with E-state index in [0.29, 0.717) is 27.5 Å². The quantitative estimate of drug-likeness (QED) is 0.515. The first-order chi connectivity index (χ1) is 15.7. The van der Waals surface area contributed by atoms with Gasteiger partial charge in [0, 0.05) is 11.6 Å². The van der Waals surface area contributed by atoms with E-state index in [-0.39, 0.29) is 23.1 Å². The lowest BCUT2D eigenvalue weighted by Crippen LogP contribution is -2.35. The summed E-state index contributed by atoms with van der Waals surface area (Å²) in [7, 11) is -3.86. The fourth-order valence-corrected chi connectivity index (χ4v) is 6.64. The molecule has 1 atom stereocenters. The summed E-state index contributed by atoms with van der Waals surface area (Å²) in [5, 5.41) is 3.23. The molecule has 3 aromatic rings. The number of hydrogen-bond donors (Lipinski definition) is 1. The minimum Gasteiger partial charge on any atom is -0.462 e. The van der Waals surface area contributed by atoms with Crippen LogP contribution in [0.4, 0.5) is 10.7 Å². The molecule has 0 saturated heterocycles. The van der Waals surface area contributed by atoms with Gasteiger partial charge >= 0.3 is 5.97 Å². The van der Waals surface area contributed by atoms with E-state index in [1.54, 1.807) is 38.1 Å². The van der Waals surface area contributed by atoms with Gasteiger partial charge in [-0.15, -0.1) is 11.3 Å². The Morgan fingerprint density at radius 1 is 1.15 bits per heavy atom. The molecule has 7 nitrogen and oxygen atoms in total. The second-order valence-corrected chi connectivity index (χ2v) is 10.7. The third-order valence-electron chi connectivity index (χ3n) is 5.41. The second kappa shape index (κ2) is 8.99. The van der Waals surface area contributed by atoms with E-state index in [0.717, 1.165) is 16.9 Å². The van der Waals surface area contributed by atoms with Crippen molar-refractivity contribution in [2.75, 3.05) is 16.2 Å². The molecule has 1 N–H and O–H groups in total. The van der Waals surface area contributed by atoms with E-state index in [1.165, 1.54) is 16.4 Å². The summed E-state index contributed by atoms with van der Waals surface area (Å²) in [6.45, 7) is 5.63. The Labute approximate surface area is 197 Å². The molecule has 1 aromatic heterocycles. The molecule has 0 fully saturated rings. The van der Waals surface area contributed by atoms with Crippen LogP contribution >= 0.6 is 11.3 Å². The maximum absolute atomic E-state index is 13.5. The zero-order chi connectivity index (χ0) is 23.8. The standard InChI is InChI=1S/C24H24N2O5S2/c1-4-31-24(28)22-15(2)12-21(32-22)25-23(27)18-9-7-10-19(14-18)33(29,30)26-16(3)13-17-8-5-6-11-20(17)26/h5-12,14,16H,4,13H2,1-3H3,(H,25,27)/t16-/m1/s1. The topological polar surface area (TPSA) is 92.8 Å². The van der Waals surface area contributed by atoms with Crippen molar-refractivity contribution in [1.82, 2.24) is 0 Å². The Bertz CT molecular complexity index is 1330. The predicted octanol–water partition coefficient (Wildman–Crippen LogP) is 4.63. The highest BCUT2D eigenvalue weighted by Crippen LogP contribution is 2.36. The van der Waals surface area contributed by atoms with Gasteiger partial charge in [0.2, 0.25) is 0 Å². The number of hydrogen-bond acceptors (Lipinski definition) is 6. The molecule has 1 aliphatic rings. The number of para-hydroxylation sites is 1. The zero-order valence-corrected chi connectivity index (χ0v) is 20.1. The minimum absolute atomic E-state index is 0.0493. The molecule has 0 aliphatic carbocycles. The second-order valence-electron chi connectivity index (χ2n) is 7.81. The molecular weight excluding hydrogens is 460 g/mol. The Morgan fingerprint density at radius 3 is 2.67 bits per heavy atom. The van der Waals surface area contributed by atoms with Gasteiger partial charge in [0.25, 0.3) is 15.9 Å². The molecule has 0 unspecified atom stereocenters. The van der Waals surface area contributed by atoms with Gasteiger partial charge in [0.05, 0.1) is 22.2 Å². The molecule has 0 saturated carbocycles. The number of benzene rings is 2. The van der Waals surface area contributed by atoms with Crippen LogP contribution in [0.5, 0.6) is 0 Å².